The monoisotopic (exact) mass is 395 g/mol. The summed E-state index contributed by atoms with van der Waals surface area (Å²) in [7, 11) is 1.45. The molecule has 0 spiro atoms. The van der Waals surface area contributed by atoms with Gasteiger partial charge in [0.2, 0.25) is 0 Å². The average molecular weight is 396 g/mol. The van der Waals surface area contributed by atoms with Crippen molar-refractivity contribution in [3.05, 3.63) is 52.3 Å². The molecule has 0 aromatic heterocycles. The maximum atomic E-state index is 12.8. The minimum absolute atomic E-state index is 0.0134. The van der Waals surface area contributed by atoms with Gasteiger partial charge in [-0.15, -0.1) is 0 Å². The van der Waals surface area contributed by atoms with E-state index in [1.54, 1.807) is 6.07 Å². The van der Waals surface area contributed by atoms with E-state index in [1.165, 1.54) is 43.7 Å². The topological polar surface area (TPSA) is 83.0 Å². The number of aromatic hydroxyl groups is 1. The number of carbonyl (C=O) groups is 1. The number of anilines is 1. The third kappa shape index (κ3) is 4.95. The maximum Gasteiger partial charge on any atom is 0.259 e. The SMILES string of the molecule is COc1c(O)cc(/C=N\NC(=O)CNc2ccc(F)cc2)cc1Br. The zero-order chi connectivity index (χ0) is 17.5. The van der Waals surface area contributed by atoms with Crippen LogP contribution in [-0.2, 0) is 4.79 Å². The van der Waals surface area contributed by atoms with Crippen LogP contribution in [0.5, 0.6) is 11.5 Å². The molecule has 2 rings (SSSR count). The first-order valence-electron chi connectivity index (χ1n) is 6.87. The number of hydrogen-bond donors (Lipinski definition) is 3. The van der Waals surface area contributed by atoms with Gasteiger partial charge in [0.05, 0.1) is 24.3 Å². The molecule has 8 heteroatoms. The molecular formula is C16H15BrFN3O3. The van der Waals surface area contributed by atoms with Gasteiger partial charge < -0.3 is 15.2 Å². The number of hydrogen-bond acceptors (Lipinski definition) is 5. The van der Waals surface area contributed by atoms with E-state index >= 15 is 0 Å². The van der Waals surface area contributed by atoms with Crippen molar-refractivity contribution in [3.63, 3.8) is 0 Å². The second-order valence-electron chi connectivity index (χ2n) is 4.71. The van der Waals surface area contributed by atoms with E-state index < -0.39 is 0 Å². The highest BCUT2D eigenvalue weighted by Crippen LogP contribution is 2.34. The lowest BCUT2D eigenvalue weighted by Crippen LogP contribution is -2.25. The van der Waals surface area contributed by atoms with Gasteiger partial charge in [0.25, 0.3) is 5.91 Å². The first-order valence-corrected chi connectivity index (χ1v) is 7.66. The molecule has 3 N–H and O–H groups in total. The zero-order valence-corrected chi connectivity index (χ0v) is 14.3. The molecule has 2 aromatic carbocycles. The van der Waals surface area contributed by atoms with Crippen LogP contribution in [0.3, 0.4) is 0 Å². The zero-order valence-electron chi connectivity index (χ0n) is 12.7. The normalized spacial score (nSPS) is 10.6. The third-order valence-electron chi connectivity index (χ3n) is 2.95. The highest BCUT2D eigenvalue weighted by atomic mass is 79.9. The third-order valence-corrected chi connectivity index (χ3v) is 3.54. The van der Waals surface area contributed by atoms with Gasteiger partial charge >= 0.3 is 0 Å². The molecule has 0 aliphatic carbocycles. The fraction of sp³-hybridized carbons (Fsp3) is 0.125. The summed E-state index contributed by atoms with van der Waals surface area (Å²) in [6, 6.07) is 8.80. The number of rotatable bonds is 6. The van der Waals surface area contributed by atoms with Crippen molar-refractivity contribution in [1.82, 2.24) is 5.43 Å². The molecule has 1 amide bonds. The Balaban J connectivity index is 1.87. The van der Waals surface area contributed by atoms with E-state index in [2.05, 4.69) is 31.8 Å². The second kappa shape index (κ2) is 8.30. The molecule has 0 saturated heterocycles. The minimum Gasteiger partial charge on any atom is -0.504 e. The van der Waals surface area contributed by atoms with Crippen LogP contribution in [0.15, 0.2) is 46.0 Å². The van der Waals surface area contributed by atoms with Crippen molar-refractivity contribution in [2.75, 3.05) is 19.0 Å². The van der Waals surface area contributed by atoms with Gasteiger partial charge in [-0.2, -0.15) is 5.10 Å². The molecule has 0 saturated carbocycles. The van der Waals surface area contributed by atoms with E-state index in [4.69, 9.17) is 4.74 Å². The smallest absolute Gasteiger partial charge is 0.259 e. The molecule has 0 unspecified atom stereocenters. The van der Waals surface area contributed by atoms with E-state index in [9.17, 15) is 14.3 Å². The van der Waals surface area contributed by atoms with Gasteiger partial charge in [0.15, 0.2) is 11.5 Å². The van der Waals surface area contributed by atoms with E-state index in [0.29, 0.717) is 21.5 Å². The molecule has 2 aromatic rings. The number of halogens is 2. The summed E-state index contributed by atoms with van der Waals surface area (Å²) in [6.45, 7) is -0.0134. The van der Waals surface area contributed by atoms with Gasteiger partial charge in [-0.25, -0.2) is 9.82 Å². The van der Waals surface area contributed by atoms with Crippen LogP contribution in [-0.4, -0.2) is 30.9 Å². The molecule has 0 bridgehead atoms. The number of methoxy groups -OCH3 is 1. The number of ether oxygens (including phenoxy) is 1. The lowest BCUT2D eigenvalue weighted by molar-refractivity contribution is -0.119. The van der Waals surface area contributed by atoms with Crippen LogP contribution >= 0.6 is 15.9 Å². The summed E-state index contributed by atoms with van der Waals surface area (Å²) in [5.41, 5.74) is 3.55. The van der Waals surface area contributed by atoms with E-state index in [1.807, 2.05) is 0 Å². The number of phenols is 1. The largest absolute Gasteiger partial charge is 0.504 e. The Labute approximate surface area is 146 Å². The van der Waals surface area contributed by atoms with Crippen LogP contribution in [0.25, 0.3) is 0 Å². The number of carbonyl (C=O) groups excluding carboxylic acids is 1. The molecular weight excluding hydrogens is 381 g/mol. The highest BCUT2D eigenvalue weighted by Gasteiger charge is 2.07. The highest BCUT2D eigenvalue weighted by molar-refractivity contribution is 9.10. The molecule has 0 aliphatic rings. The quantitative estimate of drug-likeness (QED) is 0.518. The van der Waals surface area contributed by atoms with Crippen molar-refractivity contribution < 1.29 is 19.0 Å². The second-order valence-corrected chi connectivity index (χ2v) is 5.56. The molecule has 0 aliphatic heterocycles. The number of nitrogens with one attached hydrogen (secondary N) is 2. The van der Waals surface area contributed by atoms with Crippen LogP contribution < -0.4 is 15.5 Å². The number of amides is 1. The van der Waals surface area contributed by atoms with E-state index in [-0.39, 0.29) is 24.0 Å². The predicted molar refractivity (Wildman–Crippen MR) is 93.0 cm³/mol. The number of benzene rings is 2. The number of hydrazone groups is 1. The summed E-state index contributed by atoms with van der Waals surface area (Å²) in [4.78, 5) is 11.7. The number of nitrogens with zero attached hydrogens (tertiary/aromatic N) is 1. The minimum atomic E-state index is -0.368. The fourth-order valence-corrected chi connectivity index (χ4v) is 2.47. The van der Waals surface area contributed by atoms with E-state index in [0.717, 1.165) is 0 Å². The van der Waals surface area contributed by atoms with Gasteiger partial charge in [0, 0.05) is 5.69 Å². The van der Waals surface area contributed by atoms with Gasteiger partial charge in [-0.1, -0.05) is 0 Å². The standard InChI is InChI=1S/C16H15BrFN3O3/c1-24-16-13(17)6-10(7-14(16)22)8-20-21-15(23)9-19-12-4-2-11(18)3-5-12/h2-8,19,22H,9H2,1H3,(H,21,23)/b20-8-. The Morgan fingerprint density at radius 1 is 1.38 bits per heavy atom. The summed E-state index contributed by atoms with van der Waals surface area (Å²) < 4.78 is 18.3. The Bertz CT molecular complexity index is 728. The Hall–Kier alpha value is -2.61. The summed E-state index contributed by atoms with van der Waals surface area (Å²) in [5, 5.41) is 16.4. The molecule has 0 radical (unpaired) electrons. The first kappa shape index (κ1) is 17.7. The maximum absolute atomic E-state index is 12.8. The Morgan fingerprint density at radius 3 is 2.71 bits per heavy atom. The molecule has 24 heavy (non-hydrogen) atoms. The number of phenolic OH excluding ortho intramolecular Hbond substituents is 1. The summed E-state index contributed by atoms with van der Waals surface area (Å²) in [6.07, 6.45) is 1.39. The predicted octanol–water partition coefficient (Wildman–Crippen LogP) is 2.86. The molecule has 6 nitrogen and oxygen atoms in total. The first-order chi connectivity index (χ1) is 11.5. The van der Waals surface area contributed by atoms with Crippen molar-refractivity contribution in [3.8, 4) is 11.5 Å². The Kier molecular flexibility index (Phi) is 6.14. The summed E-state index contributed by atoms with van der Waals surface area (Å²) >= 11 is 3.26. The average Bonchev–Trinajstić information content (AvgIpc) is 2.54. The van der Waals surface area contributed by atoms with Crippen molar-refractivity contribution >= 4 is 33.7 Å². The lowest BCUT2D eigenvalue weighted by atomic mass is 10.2. The molecule has 0 fully saturated rings. The van der Waals surface area contributed by atoms with Gasteiger partial charge in [-0.3, -0.25) is 4.79 Å². The van der Waals surface area contributed by atoms with Crippen molar-refractivity contribution in [2.24, 2.45) is 5.10 Å². The van der Waals surface area contributed by atoms with Gasteiger partial charge in [0.1, 0.15) is 5.82 Å². The fourth-order valence-electron chi connectivity index (χ4n) is 1.84. The van der Waals surface area contributed by atoms with Crippen molar-refractivity contribution in [2.45, 2.75) is 0 Å². The van der Waals surface area contributed by atoms with Crippen molar-refractivity contribution in [1.29, 1.82) is 0 Å². The van der Waals surface area contributed by atoms with Crippen LogP contribution in [0.4, 0.5) is 10.1 Å². The molecule has 126 valence electrons. The lowest BCUT2D eigenvalue weighted by Gasteiger charge is -2.07. The van der Waals surface area contributed by atoms with Crippen LogP contribution in [0.1, 0.15) is 5.56 Å². The summed E-state index contributed by atoms with van der Waals surface area (Å²) in [5.74, 6) is -0.437. The Morgan fingerprint density at radius 2 is 2.08 bits per heavy atom. The molecule has 0 heterocycles. The van der Waals surface area contributed by atoms with Crippen LogP contribution in [0, 0.1) is 5.82 Å². The molecule has 0 atom stereocenters. The van der Waals surface area contributed by atoms with Gasteiger partial charge in [-0.05, 0) is 57.9 Å². The van der Waals surface area contributed by atoms with Crippen LogP contribution in [0.2, 0.25) is 0 Å².